The van der Waals surface area contributed by atoms with Crippen molar-refractivity contribution in [2.45, 2.75) is 51.5 Å². The van der Waals surface area contributed by atoms with Crippen LogP contribution in [0, 0.1) is 6.92 Å². The van der Waals surface area contributed by atoms with Gasteiger partial charge in [0.05, 0.1) is 11.7 Å². The number of hydrogen-bond donors (Lipinski definition) is 2. The molecule has 1 aromatic rings. The van der Waals surface area contributed by atoms with Gasteiger partial charge in [0.25, 0.3) is 0 Å². The zero-order chi connectivity index (χ0) is 13.0. The van der Waals surface area contributed by atoms with Crippen molar-refractivity contribution in [3.05, 3.63) is 17.5 Å². The lowest BCUT2D eigenvalue weighted by atomic mass is 10.1. The van der Waals surface area contributed by atoms with Crippen LogP contribution in [0.5, 0.6) is 0 Å². The van der Waals surface area contributed by atoms with Gasteiger partial charge in [-0.1, -0.05) is 25.7 Å². The molecule has 0 radical (unpaired) electrons. The first-order valence-corrected chi connectivity index (χ1v) is 6.76. The molecular weight excluding hydrogens is 226 g/mol. The van der Waals surface area contributed by atoms with E-state index in [1.807, 2.05) is 24.7 Å². The van der Waals surface area contributed by atoms with Crippen molar-refractivity contribution < 1.29 is 0 Å². The van der Waals surface area contributed by atoms with Gasteiger partial charge in [0.1, 0.15) is 5.69 Å². The normalized spacial score (nSPS) is 18.7. The summed E-state index contributed by atoms with van der Waals surface area (Å²) in [7, 11) is 1.92. The van der Waals surface area contributed by atoms with Crippen molar-refractivity contribution in [2.24, 2.45) is 17.9 Å². The molecule has 100 valence electrons. The fourth-order valence-corrected chi connectivity index (χ4v) is 2.58. The standard InChI is InChI=1S/C13H23N5/c1-10-9-12(18(2)17-10)13(16-14)15-11-7-5-3-4-6-8-11/h9,11H,3-8,14H2,1-2H3,(H,15,16). The fraction of sp³-hybridized carbons (Fsp3) is 0.692. The number of nitrogens with zero attached hydrogens (tertiary/aromatic N) is 3. The Morgan fingerprint density at radius 1 is 1.39 bits per heavy atom. The zero-order valence-corrected chi connectivity index (χ0v) is 11.3. The van der Waals surface area contributed by atoms with Gasteiger partial charge in [0, 0.05) is 7.05 Å². The number of aliphatic imine (C=N–C) groups is 1. The lowest BCUT2D eigenvalue weighted by Gasteiger charge is -2.12. The molecule has 0 unspecified atom stereocenters. The van der Waals surface area contributed by atoms with Crippen molar-refractivity contribution in [3.8, 4) is 0 Å². The van der Waals surface area contributed by atoms with E-state index in [9.17, 15) is 0 Å². The highest BCUT2D eigenvalue weighted by molar-refractivity contribution is 5.97. The number of hydrazine groups is 1. The third-order valence-corrected chi connectivity index (χ3v) is 3.52. The maximum atomic E-state index is 5.62. The van der Waals surface area contributed by atoms with Gasteiger partial charge in [-0.05, 0) is 25.8 Å². The van der Waals surface area contributed by atoms with Crippen LogP contribution in [0.4, 0.5) is 0 Å². The Bertz CT molecular complexity index is 413. The molecule has 18 heavy (non-hydrogen) atoms. The maximum Gasteiger partial charge on any atom is 0.161 e. The van der Waals surface area contributed by atoms with Gasteiger partial charge in [-0.2, -0.15) is 5.10 Å². The van der Waals surface area contributed by atoms with E-state index >= 15 is 0 Å². The summed E-state index contributed by atoms with van der Waals surface area (Å²) in [6.45, 7) is 1.98. The predicted molar refractivity (Wildman–Crippen MR) is 73.3 cm³/mol. The molecule has 0 atom stereocenters. The van der Waals surface area contributed by atoms with Gasteiger partial charge in [-0.3, -0.25) is 9.67 Å². The minimum absolute atomic E-state index is 0.397. The number of nitrogens with one attached hydrogen (secondary N) is 1. The molecule has 2 rings (SSSR count). The Kier molecular flexibility index (Phi) is 4.36. The average Bonchev–Trinajstić information content (AvgIpc) is 2.57. The number of aryl methyl sites for hydroxylation is 2. The Balaban J connectivity index is 2.18. The second kappa shape index (κ2) is 6.00. The van der Waals surface area contributed by atoms with Crippen LogP contribution in [0.25, 0.3) is 0 Å². The molecule has 0 bridgehead atoms. The maximum absolute atomic E-state index is 5.62. The Morgan fingerprint density at radius 2 is 2.06 bits per heavy atom. The number of amidine groups is 1. The van der Waals surface area contributed by atoms with Crippen LogP contribution in [-0.4, -0.2) is 21.7 Å². The van der Waals surface area contributed by atoms with E-state index in [1.54, 1.807) is 0 Å². The first kappa shape index (κ1) is 13.1. The van der Waals surface area contributed by atoms with E-state index in [0.717, 1.165) is 17.2 Å². The SMILES string of the molecule is Cc1cc(C(=NC2CCCCCC2)NN)n(C)n1. The molecule has 0 aromatic carbocycles. The first-order valence-electron chi connectivity index (χ1n) is 6.76. The summed E-state index contributed by atoms with van der Waals surface area (Å²) in [5, 5.41) is 4.33. The van der Waals surface area contributed by atoms with Gasteiger partial charge < -0.3 is 5.43 Å². The van der Waals surface area contributed by atoms with E-state index in [2.05, 4.69) is 10.5 Å². The molecule has 0 saturated heterocycles. The van der Waals surface area contributed by atoms with Crippen LogP contribution in [0.1, 0.15) is 49.9 Å². The van der Waals surface area contributed by atoms with Crippen molar-refractivity contribution >= 4 is 5.84 Å². The number of nitrogens with two attached hydrogens (primary N) is 1. The molecule has 0 amide bonds. The summed E-state index contributed by atoms with van der Waals surface area (Å²) >= 11 is 0. The van der Waals surface area contributed by atoms with Crippen LogP contribution in [0.2, 0.25) is 0 Å². The topological polar surface area (TPSA) is 68.2 Å². The van der Waals surface area contributed by atoms with Gasteiger partial charge in [-0.15, -0.1) is 0 Å². The molecular formula is C13H23N5. The summed E-state index contributed by atoms with van der Waals surface area (Å²) in [6, 6.07) is 2.41. The highest BCUT2D eigenvalue weighted by atomic mass is 15.3. The Morgan fingerprint density at radius 3 is 2.56 bits per heavy atom. The first-order chi connectivity index (χ1) is 8.70. The van der Waals surface area contributed by atoms with Gasteiger partial charge in [-0.25, -0.2) is 5.84 Å². The van der Waals surface area contributed by atoms with Crippen LogP contribution in [-0.2, 0) is 7.05 Å². The molecule has 0 aliphatic heterocycles. The third-order valence-electron chi connectivity index (χ3n) is 3.52. The average molecular weight is 249 g/mol. The Labute approximate surface area is 108 Å². The van der Waals surface area contributed by atoms with E-state index in [0.29, 0.717) is 6.04 Å². The van der Waals surface area contributed by atoms with Gasteiger partial charge >= 0.3 is 0 Å². The van der Waals surface area contributed by atoms with Crippen molar-refractivity contribution in [1.82, 2.24) is 15.2 Å². The van der Waals surface area contributed by atoms with Crippen molar-refractivity contribution in [3.63, 3.8) is 0 Å². The van der Waals surface area contributed by atoms with Crippen molar-refractivity contribution in [1.29, 1.82) is 0 Å². The second-order valence-electron chi connectivity index (χ2n) is 5.06. The lowest BCUT2D eigenvalue weighted by molar-refractivity contribution is 0.582. The largest absolute Gasteiger partial charge is 0.307 e. The molecule has 1 aromatic heterocycles. The van der Waals surface area contributed by atoms with Crippen LogP contribution in [0.3, 0.4) is 0 Å². The number of rotatable bonds is 2. The molecule has 3 N–H and O–H groups in total. The summed E-state index contributed by atoms with van der Waals surface area (Å²) in [5.74, 6) is 6.37. The van der Waals surface area contributed by atoms with Gasteiger partial charge in [0.15, 0.2) is 5.84 Å². The minimum atomic E-state index is 0.397. The molecule has 1 fully saturated rings. The molecule has 5 nitrogen and oxygen atoms in total. The smallest absolute Gasteiger partial charge is 0.161 e. The van der Waals surface area contributed by atoms with Crippen LogP contribution >= 0.6 is 0 Å². The predicted octanol–water partition coefficient (Wildman–Crippen LogP) is 1.66. The minimum Gasteiger partial charge on any atom is -0.307 e. The summed E-state index contributed by atoms with van der Waals surface area (Å²) in [4.78, 5) is 4.78. The summed E-state index contributed by atoms with van der Waals surface area (Å²) in [5.41, 5.74) is 4.67. The third kappa shape index (κ3) is 3.10. The molecule has 5 heteroatoms. The highest BCUT2D eigenvalue weighted by Gasteiger charge is 2.14. The molecule has 1 saturated carbocycles. The molecule has 1 heterocycles. The van der Waals surface area contributed by atoms with Gasteiger partial charge in [0.2, 0.25) is 0 Å². The summed E-state index contributed by atoms with van der Waals surface area (Å²) < 4.78 is 1.82. The monoisotopic (exact) mass is 249 g/mol. The lowest BCUT2D eigenvalue weighted by Crippen LogP contribution is -2.34. The molecule has 1 aliphatic rings. The van der Waals surface area contributed by atoms with E-state index in [1.165, 1.54) is 38.5 Å². The second-order valence-corrected chi connectivity index (χ2v) is 5.06. The van der Waals surface area contributed by atoms with Crippen molar-refractivity contribution in [2.75, 3.05) is 0 Å². The van der Waals surface area contributed by atoms with Crippen LogP contribution in [0.15, 0.2) is 11.1 Å². The zero-order valence-electron chi connectivity index (χ0n) is 11.3. The number of hydrogen-bond acceptors (Lipinski definition) is 3. The van der Waals surface area contributed by atoms with E-state index in [-0.39, 0.29) is 0 Å². The molecule has 1 aliphatic carbocycles. The Hall–Kier alpha value is -1.36. The van der Waals surface area contributed by atoms with Crippen LogP contribution < -0.4 is 11.3 Å². The van der Waals surface area contributed by atoms with E-state index in [4.69, 9.17) is 10.8 Å². The molecule has 0 spiro atoms. The highest BCUT2D eigenvalue weighted by Crippen LogP contribution is 2.20. The number of aromatic nitrogens is 2. The quantitative estimate of drug-likeness (QED) is 0.275. The fourth-order valence-electron chi connectivity index (χ4n) is 2.58. The van der Waals surface area contributed by atoms with E-state index < -0.39 is 0 Å². The summed E-state index contributed by atoms with van der Waals surface area (Å²) in [6.07, 6.45) is 7.56.